The SMILES string of the molecule is C=C/C(=C\N=C(CCC)OC)NC(=O)c1nc(-c2c(C)nc3c(C)cccn23)co1.CC. The standard InChI is InChI=1S/C22H25N5O3.C2H6/c1-6-9-18(29-5)23-12-16(7-2)25-21(28)22-26-17(13-30-22)19-15(4)24-20-14(3)10-8-11-27(19)20;1-2/h7-8,10-13H,2,6,9H2,1,3-5H3,(H,25,28);1-2H3/b16-12+,23-18?;. The third-order valence-electron chi connectivity index (χ3n) is 4.49. The highest BCUT2D eigenvalue weighted by atomic mass is 16.5. The Morgan fingerprint density at radius 2 is 2.09 bits per heavy atom. The van der Waals surface area contributed by atoms with Gasteiger partial charge in [-0.15, -0.1) is 0 Å². The number of hydrogen-bond donors (Lipinski definition) is 1. The fourth-order valence-electron chi connectivity index (χ4n) is 3.01. The molecule has 8 heteroatoms. The molecule has 0 atom stereocenters. The first-order valence-electron chi connectivity index (χ1n) is 10.6. The zero-order valence-corrected chi connectivity index (χ0v) is 19.6. The van der Waals surface area contributed by atoms with Gasteiger partial charge in [0.1, 0.15) is 17.6 Å². The van der Waals surface area contributed by atoms with E-state index in [4.69, 9.17) is 9.15 Å². The second kappa shape index (κ2) is 11.6. The third-order valence-corrected chi connectivity index (χ3v) is 4.49. The molecule has 32 heavy (non-hydrogen) atoms. The predicted octanol–water partition coefficient (Wildman–Crippen LogP) is 5.23. The number of aromatic nitrogens is 3. The van der Waals surface area contributed by atoms with Crippen LogP contribution in [0.1, 0.15) is 55.6 Å². The van der Waals surface area contributed by atoms with Crippen molar-refractivity contribution >= 4 is 17.5 Å². The van der Waals surface area contributed by atoms with Gasteiger partial charge in [-0.05, 0) is 38.0 Å². The Morgan fingerprint density at radius 1 is 1.34 bits per heavy atom. The number of oxazole rings is 1. The van der Waals surface area contributed by atoms with Gasteiger partial charge in [-0.3, -0.25) is 9.20 Å². The van der Waals surface area contributed by atoms with Gasteiger partial charge in [0, 0.05) is 12.6 Å². The van der Waals surface area contributed by atoms with Crippen molar-refractivity contribution in [3.8, 4) is 11.4 Å². The molecule has 1 amide bonds. The number of imidazole rings is 1. The van der Waals surface area contributed by atoms with Crippen molar-refractivity contribution in [2.45, 2.75) is 47.5 Å². The van der Waals surface area contributed by atoms with E-state index in [1.165, 1.54) is 18.5 Å². The Labute approximate surface area is 188 Å². The third kappa shape index (κ3) is 5.51. The van der Waals surface area contributed by atoms with Crippen LogP contribution in [-0.2, 0) is 4.74 Å². The normalized spacial score (nSPS) is 11.7. The van der Waals surface area contributed by atoms with Crippen LogP contribution in [0.2, 0.25) is 0 Å². The molecule has 0 fully saturated rings. The van der Waals surface area contributed by atoms with E-state index in [-0.39, 0.29) is 5.89 Å². The van der Waals surface area contributed by atoms with Crippen LogP contribution in [0.3, 0.4) is 0 Å². The fourth-order valence-corrected chi connectivity index (χ4v) is 3.01. The minimum atomic E-state index is -0.500. The van der Waals surface area contributed by atoms with Crippen molar-refractivity contribution in [3.63, 3.8) is 0 Å². The van der Waals surface area contributed by atoms with Crippen molar-refractivity contribution in [1.29, 1.82) is 0 Å². The van der Waals surface area contributed by atoms with Crippen molar-refractivity contribution in [2.75, 3.05) is 7.11 Å². The lowest BCUT2D eigenvalue weighted by Gasteiger charge is -2.04. The van der Waals surface area contributed by atoms with Gasteiger partial charge in [-0.25, -0.2) is 15.0 Å². The second-order valence-electron chi connectivity index (χ2n) is 6.69. The van der Waals surface area contributed by atoms with Crippen LogP contribution in [0.25, 0.3) is 17.0 Å². The van der Waals surface area contributed by atoms with Crippen LogP contribution in [0.15, 0.2) is 58.6 Å². The number of aliphatic imine (C=N–C) groups is 1. The molecule has 0 saturated heterocycles. The molecule has 0 radical (unpaired) electrons. The molecule has 3 aromatic heterocycles. The Morgan fingerprint density at radius 3 is 2.75 bits per heavy atom. The number of pyridine rings is 1. The molecule has 170 valence electrons. The first-order valence-corrected chi connectivity index (χ1v) is 10.6. The van der Waals surface area contributed by atoms with Gasteiger partial charge in [0.05, 0.1) is 30.4 Å². The largest absolute Gasteiger partial charge is 0.484 e. The van der Waals surface area contributed by atoms with Crippen molar-refractivity contribution < 1.29 is 13.9 Å². The van der Waals surface area contributed by atoms with Gasteiger partial charge in [-0.2, -0.15) is 0 Å². The quantitative estimate of drug-likeness (QED) is 0.310. The number of amides is 1. The molecule has 0 bridgehead atoms. The molecular formula is C24H31N5O3. The summed E-state index contributed by atoms with van der Waals surface area (Å²) in [5.74, 6) is 0.00635. The number of aryl methyl sites for hydroxylation is 2. The highest BCUT2D eigenvalue weighted by Crippen LogP contribution is 2.25. The number of nitrogens with zero attached hydrogens (tertiary/aromatic N) is 4. The zero-order valence-electron chi connectivity index (χ0n) is 19.6. The molecule has 8 nitrogen and oxygen atoms in total. The van der Waals surface area contributed by atoms with Crippen molar-refractivity contribution in [2.24, 2.45) is 4.99 Å². The lowest BCUT2D eigenvalue weighted by molar-refractivity contribution is 0.0933. The van der Waals surface area contributed by atoms with Gasteiger partial charge >= 0.3 is 5.91 Å². The highest BCUT2D eigenvalue weighted by molar-refractivity contribution is 5.91. The van der Waals surface area contributed by atoms with Gasteiger partial charge in [-0.1, -0.05) is 33.4 Å². The molecular weight excluding hydrogens is 406 g/mol. The van der Waals surface area contributed by atoms with E-state index in [1.807, 2.05) is 57.3 Å². The van der Waals surface area contributed by atoms with E-state index >= 15 is 0 Å². The van der Waals surface area contributed by atoms with E-state index in [0.29, 0.717) is 23.7 Å². The smallest absolute Gasteiger partial charge is 0.311 e. The van der Waals surface area contributed by atoms with E-state index < -0.39 is 5.91 Å². The van der Waals surface area contributed by atoms with Gasteiger partial charge in [0.25, 0.3) is 5.89 Å². The summed E-state index contributed by atoms with van der Waals surface area (Å²) in [6, 6.07) is 3.93. The highest BCUT2D eigenvalue weighted by Gasteiger charge is 2.19. The second-order valence-corrected chi connectivity index (χ2v) is 6.69. The number of ether oxygens (including phenoxy) is 1. The lowest BCUT2D eigenvalue weighted by atomic mass is 10.2. The summed E-state index contributed by atoms with van der Waals surface area (Å²) in [7, 11) is 1.56. The molecule has 0 spiro atoms. The molecule has 3 rings (SSSR count). The Kier molecular flexibility index (Phi) is 8.95. The Bertz CT molecular complexity index is 1140. The zero-order chi connectivity index (χ0) is 23.7. The van der Waals surface area contributed by atoms with Crippen molar-refractivity contribution in [3.05, 3.63) is 66.3 Å². The van der Waals surface area contributed by atoms with Gasteiger partial charge < -0.3 is 14.5 Å². The first kappa shape index (κ1) is 24.6. The summed E-state index contributed by atoms with van der Waals surface area (Å²) in [5, 5.41) is 2.69. The molecule has 3 heterocycles. The first-order chi connectivity index (χ1) is 15.5. The molecule has 0 aliphatic heterocycles. The lowest BCUT2D eigenvalue weighted by Crippen LogP contribution is -2.22. The summed E-state index contributed by atoms with van der Waals surface area (Å²) < 4.78 is 12.6. The van der Waals surface area contributed by atoms with Gasteiger partial charge in [0.15, 0.2) is 5.90 Å². The number of carbonyl (C=O) groups is 1. The molecule has 0 aliphatic rings. The number of carbonyl (C=O) groups excluding carboxylic acids is 1. The molecule has 0 saturated carbocycles. The summed E-state index contributed by atoms with van der Waals surface area (Å²) in [6.07, 6.45) is 7.94. The van der Waals surface area contributed by atoms with Crippen molar-refractivity contribution in [1.82, 2.24) is 19.7 Å². The average Bonchev–Trinajstić information content (AvgIpc) is 3.41. The maximum atomic E-state index is 12.6. The average molecular weight is 438 g/mol. The maximum Gasteiger partial charge on any atom is 0.311 e. The number of methoxy groups -OCH3 is 1. The van der Waals surface area contributed by atoms with Crippen LogP contribution in [-0.4, -0.2) is 33.3 Å². The predicted molar refractivity (Wildman–Crippen MR) is 127 cm³/mol. The van der Waals surface area contributed by atoms with Crippen LogP contribution in [0.4, 0.5) is 0 Å². The number of nitrogens with one attached hydrogen (secondary N) is 1. The number of allylic oxidation sites excluding steroid dienone is 1. The Balaban J connectivity index is 0.00000176. The Hall–Kier alpha value is -3.68. The van der Waals surface area contributed by atoms with E-state index in [9.17, 15) is 4.79 Å². The summed E-state index contributed by atoms with van der Waals surface area (Å²) in [5.41, 5.74) is 4.41. The number of rotatable bonds is 7. The molecule has 0 unspecified atom stereocenters. The van der Waals surface area contributed by atoms with E-state index in [1.54, 1.807) is 7.11 Å². The monoisotopic (exact) mass is 437 g/mol. The fraction of sp³-hybridized carbons (Fsp3) is 0.333. The minimum absolute atomic E-state index is 0.0655. The van der Waals surface area contributed by atoms with Crippen LogP contribution in [0, 0.1) is 13.8 Å². The molecule has 0 aliphatic carbocycles. The summed E-state index contributed by atoms with van der Waals surface area (Å²) >= 11 is 0. The molecule has 3 aromatic rings. The van der Waals surface area contributed by atoms with Crippen LogP contribution >= 0.6 is 0 Å². The van der Waals surface area contributed by atoms with E-state index in [0.717, 1.165) is 29.0 Å². The van der Waals surface area contributed by atoms with Crippen LogP contribution < -0.4 is 5.32 Å². The molecule has 0 aromatic carbocycles. The van der Waals surface area contributed by atoms with E-state index in [2.05, 4.69) is 26.9 Å². The summed E-state index contributed by atoms with van der Waals surface area (Å²) in [4.78, 5) is 25.8. The number of fused-ring (bicyclic) bond motifs is 1. The maximum absolute atomic E-state index is 12.6. The minimum Gasteiger partial charge on any atom is -0.484 e. The molecule has 1 N–H and O–H groups in total. The summed E-state index contributed by atoms with van der Waals surface area (Å²) in [6.45, 7) is 13.6. The van der Waals surface area contributed by atoms with Gasteiger partial charge in [0.2, 0.25) is 0 Å². The topological polar surface area (TPSA) is 94.0 Å². The number of hydrogen-bond acceptors (Lipinski definition) is 6. The van der Waals surface area contributed by atoms with Crippen LogP contribution in [0.5, 0.6) is 0 Å².